The van der Waals surface area contributed by atoms with Crippen molar-refractivity contribution in [3.05, 3.63) is 22.3 Å². The second kappa shape index (κ2) is 4.98. The maximum atomic E-state index is 10.7. The van der Waals surface area contributed by atoms with E-state index in [4.69, 9.17) is 5.11 Å². The minimum absolute atomic E-state index is 0.0164. The molecule has 0 saturated heterocycles. The number of rotatable bonds is 5. The first-order valence-corrected chi connectivity index (χ1v) is 7.25. The SMILES string of the molecule is Cc1cnc(SCC2(CC(=O)O)CC2)c(Br)c1. The summed E-state index contributed by atoms with van der Waals surface area (Å²) in [5.74, 6) is 0.146. The number of pyridine rings is 1. The molecule has 0 aromatic carbocycles. The van der Waals surface area contributed by atoms with Crippen molar-refractivity contribution < 1.29 is 9.90 Å². The van der Waals surface area contributed by atoms with Crippen LogP contribution in [0.2, 0.25) is 0 Å². The average molecular weight is 316 g/mol. The Morgan fingerprint density at radius 2 is 2.35 bits per heavy atom. The van der Waals surface area contributed by atoms with Crippen LogP contribution in [-0.2, 0) is 4.79 Å². The Hall–Kier alpha value is -0.550. The molecule has 1 aromatic rings. The Bertz CT molecular complexity index is 446. The quantitative estimate of drug-likeness (QED) is 0.845. The summed E-state index contributed by atoms with van der Waals surface area (Å²) in [7, 11) is 0. The van der Waals surface area contributed by atoms with E-state index in [0.29, 0.717) is 0 Å². The monoisotopic (exact) mass is 315 g/mol. The summed E-state index contributed by atoms with van der Waals surface area (Å²) in [5.41, 5.74) is 1.13. The Labute approximate surface area is 113 Å². The Kier molecular flexibility index (Phi) is 3.78. The van der Waals surface area contributed by atoms with Crippen molar-refractivity contribution >= 4 is 33.7 Å². The summed E-state index contributed by atoms with van der Waals surface area (Å²) in [6.07, 6.45) is 4.17. The summed E-state index contributed by atoms with van der Waals surface area (Å²) in [4.78, 5) is 15.1. The molecule has 1 saturated carbocycles. The van der Waals surface area contributed by atoms with Crippen LogP contribution in [0.5, 0.6) is 0 Å². The van der Waals surface area contributed by atoms with Gasteiger partial charge in [-0.05, 0) is 52.7 Å². The van der Waals surface area contributed by atoms with Gasteiger partial charge in [0, 0.05) is 11.9 Å². The molecule has 0 unspecified atom stereocenters. The van der Waals surface area contributed by atoms with Crippen LogP contribution in [0.15, 0.2) is 21.8 Å². The Morgan fingerprint density at radius 1 is 1.65 bits per heavy atom. The van der Waals surface area contributed by atoms with Crippen LogP contribution in [0.3, 0.4) is 0 Å². The van der Waals surface area contributed by atoms with E-state index < -0.39 is 5.97 Å². The van der Waals surface area contributed by atoms with Crippen LogP contribution < -0.4 is 0 Å². The van der Waals surface area contributed by atoms with Gasteiger partial charge in [-0.3, -0.25) is 4.79 Å². The Balaban J connectivity index is 1.96. The van der Waals surface area contributed by atoms with Crippen LogP contribution in [-0.4, -0.2) is 21.8 Å². The van der Waals surface area contributed by atoms with Gasteiger partial charge in [-0.1, -0.05) is 0 Å². The molecule has 1 N–H and O–H groups in total. The van der Waals surface area contributed by atoms with Gasteiger partial charge in [-0.15, -0.1) is 11.8 Å². The largest absolute Gasteiger partial charge is 0.481 e. The molecule has 0 aliphatic heterocycles. The summed E-state index contributed by atoms with van der Waals surface area (Å²) in [6.45, 7) is 2.00. The van der Waals surface area contributed by atoms with Gasteiger partial charge < -0.3 is 5.11 Å². The molecule has 2 rings (SSSR count). The lowest BCUT2D eigenvalue weighted by Crippen LogP contribution is -2.11. The van der Waals surface area contributed by atoms with Crippen LogP contribution in [0.25, 0.3) is 0 Å². The summed E-state index contributed by atoms with van der Waals surface area (Å²) in [5, 5.41) is 9.79. The molecular formula is C12H14BrNO2S. The number of hydrogen-bond acceptors (Lipinski definition) is 3. The third-order valence-corrected chi connectivity index (χ3v) is 5.16. The molecule has 0 radical (unpaired) electrons. The minimum Gasteiger partial charge on any atom is -0.481 e. The van der Waals surface area contributed by atoms with E-state index in [1.54, 1.807) is 11.8 Å². The highest BCUT2D eigenvalue weighted by atomic mass is 79.9. The lowest BCUT2D eigenvalue weighted by molar-refractivity contribution is -0.138. The Morgan fingerprint density at radius 3 is 2.88 bits per heavy atom. The number of aryl methyl sites for hydroxylation is 1. The van der Waals surface area contributed by atoms with Gasteiger partial charge in [0.1, 0.15) is 5.03 Å². The third-order valence-electron chi connectivity index (χ3n) is 2.94. The molecule has 1 heterocycles. The fourth-order valence-corrected chi connectivity index (χ4v) is 3.68. The lowest BCUT2D eigenvalue weighted by Gasteiger charge is -2.12. The van der Waals surface area contributed by atoms with Gasteiger partial charge >= 0.3 is 5.97 Å². The van der Waals surface area contributed by atoms with Crippen molar-refractivity contribution in [3.8, 4) is 0 Å². The number of nitrogens with zero attached hydrogens (tertiary/aromatic N) is 1. The first kappa shape index (κ1) is 12.9. The molecule has 17 heavy (non-hydrogen) atoms. The minimum atomic E-state index is -0.695. The first-order chi connectivity index (χ1) is 8.01. The van der Waals surface area contributed by atoms with E-state index in [0.717, 1.165) is 33.7 Å². The maximum Gasteiger partial charge on any atom is 0.303 e. The van der Waals surface area contributed by atoms with Crippen molar-refractivity contribution in [2.75, 3.05) is 5.75 Å². The zero-order valence-electron chi connectivity index (χ0n) is 9.57. The summed E-state index contributed by atoms with van der Waals surface area (Å²) >= 11 is 5.13. The predicted molar refractivity (Wildman–Crippen MR) is 71.3 cm³/mol. The highest BCUT2D eigenvalue weighted by molar-refractivity contribution is 9.10. The number of thioether (sulfide) groups is 1. The topological polar surface area (TPSA) is 50.2 Å². The highest BCUT2D eigenvalue weighted by Gasteiger charge is 2.44. The average Bonchev–Trinajstić information content (AvgIpc) is 2.96. The standard InChI is InChI=1S/C12H14BrNO2S/c1-8-4-9(13)11(14-6-8)17-7-12(2-3-12)5-10(15)16/h4,6H,2-3,5,7H2,1H3,(H,15,16). The molecule has 1 aliphatic rings. The second-order valence-electron chi connectivity index (χ2n) is 4.66. The number of carbonyl (C=O) groups is 1. The van der Waals surface area contributed by atoms with Crippen LogP contribution in [0.4, 0.5) is 0 Å². The molecule has 1 aromatic heterocycles. The molecule has 3 nitrogen and oxygen atoms in total. The number of aliphatic carboxylic acids is 1. The lowest BCUT2D eigenvalue weighted by atomic mass is 10.1. The number of carboxylic acid groups (broad SMARTS) is 1. The number of hydrogen-bond donors (Lipinski definition) is 1. The first-order valence-electron chi connectivity index (χ1n) is 5.48. The molecular weight excluding hydrogens is 302 g/mol. The fraction of sp³-hybridized carbons (Fsp3) is 0.500. The van der Waals surface area contributed by atoms with Crippen molar-refractivity contribution in [3.63, 3.8) is 0 Å². The highest BCUT2D eigenvalue weighted by Crippen LogP contribution is 2.52. The van der Waals surface area contributed by atoms with Crippen molar-refractivity contribution in [1.82, 2.24) is 4.98 Å². The zero-order valence-corrected chi connectivity index (χ0v) is 12.0. The van der Waals surface area contributed by atoms with E-state index in [2.05, 4.69) is 20.9 Å². The van der Waals surface area contributed by atoms with Crippen molar-refractivity contribution in [2.45, 2.75) is 31.2 Å². The van der Waals surface area contributed by atoms with Gasteiger partial charge in [0.2, 0.25) is 0 Å². The van der Waals surface area contributed by atoms with Crippen molar-refractivity contribution in [2.24, 2.45) is 5.41 Å². The fourth-order valence-electron chi connectivity index (χ4n) is 1.72. The number of aromatic nitrogens is 1. The predicted octanol–water partition coefficient (Wildman–Crippen LogP) is 3.50. The van der Waals surface area contributed by atoms with Gasteiger partial charge in [-0.25, -0.2) is 4.98 Å². The van der Waals surface area contributed by atoms with Gasteiger partial charge in [0.15, 0.2) is 0 Å². The van der Waals surface area contributed by atoms with E-state index in [1.807, 2.05) is 19.2 Å². The van der Waals surface area contributed by atoms with E-state index in [9.17, 15) is 4.79 Å². The van der Waals surface area contributed by atoms with E-state index in [1.165, 1.54) is 0 Å². The molecule has 92 valence electrons. The number of halogens is 1. The van der Waals surface area contributed by atoms with Crippen molar-refractivity contribution in [1.29, 1.82) is 0 Å². The molecule has 0 amide bonds. The number of carboxylic acids is 1. The van der Waals surface area contributed by atoms with Crippen LogP contribution in [0, 0.1) is 12.3 Å². The van der Waals surface area contributed by atoms with Gasteiger partial charge in [-0.2, -0.15) is 0 Å². The second-order valence-corrected chi connectivity index (χ2v) is 6.48. The maximum absolute atomic E-state index is 10.7. The third kappa shape index (κ3) is 3.45. The normalized spacial score (nSPS) is 16.8. The van der Waals surface area contributed by atoms with Gasteiger partial charge in [0.05, 0.1) is 10.9 Å². The van der Waals surface area contributed by atoms with Gasteiger partial charge in [0.25, 0.3) is 0 Å². The molecule has 0 bridgehead atoms. The zero-order chi connectivity index (χ0) is 12.5. The molecule has 5 heteroatoms. The molecule has 1 fully saturated rings. The molecule has 0 spiro atoms. The summed E-state index contributed by atoms with van der Waals surface area (Å²) < 4.78 is 0.994. The van der Waals surface area contributed by atoms with Crippen LogP contribution >= 0.6 is 27.7 Å². The molecule has 0 atom stereocenters. The smallest absolute Gasteiger partial charge is 0.303 e. The van der Waals surface area contributed by atoms with Crippen LogP contribution in [0.1, 0.15) is 24.8 Å². The van der Waals surface area contributed by atoms with E-state index in [-0.39, 0.29) is 11.8 Å². The molecule has 1 aliphatic carbocycles. The van der Waals surface area contributed by atoms with E-state index >= 15 is 0 Å². The summed E-state index contributed by atoms with van der Waals surface area (Å²) in [6, 6.07) is 2.03.